The number of hydrogen-bond acceptors (Lipinski definition) is 5. The minimum absolute atomic E-state index is 0.0331. The van der Waals surface area contributed by atoms with Crippen LogP contribution in [0.2, 0.25) is 0 Å². The highest BCUT2D eigenvalue weighted by molar-refractivity contribution is 6.01. The summed E-state index contributed by atoms with van der Waals surface area (Å²) in [4.78, 5) is 40.1. The number of nitrogens with one attached hydrogen (secondary N) is 2. The molecule has 2 atom stereocenters. The second-order valence-corrected chi connectivity index (χ2v) is 8.86. The number of nitrogens with zero attached hydrogens (tertiary/aromatic N) is 3. The van der Waals surface area contributed by atoms with E-state index < -0.39 is 5.54 Å². The SMILES string of the molecule is CN1C(=O)c2cc(C(=O)NCC3CCCO3)nn2CC1(C)C(=O)NC1CCCCC1. The zero-order valence-electron chi connectivity index (χ0n) is 17.8. The molecule has 1 saturated carbocycles. The highest BCUT2D eigenvalue weighted by atomic mass is 16.5. The third-order valence-electron chi connectivity index (χ3n) is 6.68. The number of aromatic nitrogens is 2. The third kappa shape index (κ3) is 3.95. The highest BCUT2D eigenvalue weighted by Crippen LogP contribution is 2.27. The molecule has 9 heteroatoms. The average molecular weight is 418 g/mol. The van der Waals surface area contributed by atoms with Crippen LogP contribution in [0.25, 0.3) is 0 Å². The van der Waals surface area contributed by atoms with Gasteiger partial charge in [-0.25, -0.2) is 0 Å². The monoisotopic (exact) mass is 417 g/mol. The van der Waals surface area contributed by atoms with E-state index in [0.717, 1.165) is 45.1 Å². The van der Waals surface area contributed by atoms with Gasteiger partial charge >= 0.3 is 0 Å². The van der Waals surface area contributed by atoms with Gasteiger partial charge < -0.3 is 20.3 Å². The van der Waals surface area contributed by atoms with Crippen LogP contribution < -0.4 is 10.6 Å². The molecule has 0 bridgehead atoms. The first-order chi connectivity index (χ1) is 14.4. The topological polar surface area (TPSA) is 106 Å². The van der Waals surface area contributed by atoms with Gasteiger partial charge in [0, 0.05) is 32.3 Å². The Balaban J connectivity index is 1.46. The van der Waals surface area contributed by atoms with Crippen LogP contribution in [0.5, 0.6) is 0 Å². The molecule has 2 aliphatic heterocycles. The smallest absolute Gasteiger partial charge is 0.272 e. The summed E-state index contributed by atoms with van der Waals surface area (Å²) in [5.41, 5.74) is -0.552. The van der Waals surface area contributed by atoms with Crippen molar-refractivity contribution in [3.8, 4) is 0 Å². The van der Waals surface area contributed by atoms with Crippen molar-refractivity contribution >= 4 is 17.7 Å². The van der Waals surface area contributed by atoms with Gasteiger partial charge in [-0.3, -0.25) is 19.1 Å². The number of amides is 3. The van der Waals surface area contributed by atoms with E-state index >= 15 is 0 Å². The van der Waals surface area contributed by atoms with Gasteiger partial charge in [0.1, 0.15) is 11.2 Å². The van der Waals surface area contributed by atoms with Gasteiger partial charge in [0.25, 0.3) is 11.8 Å². The molecule has 0 aromatic carbocycles. The Kier molecular flexibility index (Phi) is 5.81. The van der Waals surface area contributed by atoms with Gasteiger partial charge in [-0.2, -0.15) is 5.10 Å². The molecule has 30 heavy (non-hydrogen) atoms. The van der Waals surface area contributed by atoms with Crippen molar-refractivity contribution < 1.29 is 19.1 Å². The second-order valence-electron chi connectivity index (χ2n) is 8.86. The molecule has 0 spiro atoms. The van der Waals surface area contributed by atoms with E-state index in [9.17, 15) is 14.4 Å². The lowest BCUT2D eigenvalue weighted by atomic mass is 9.92. The molecular weight excluding hydrogens is 386 g/mol. The Hall–Kier alpha value is -2.42. The van der Waals surface area contributed by atoms with Gasteiger partial charge in [0.2, 0.25) is 5.91 Å². The van der Waals surface area contributed by atoms with E-state index in [1.807, 2.05) is 0 Å². The van der Waals surface area contributed by atoms with Crippen molar-refractivity contribution in [1.29, 1.82) is 0 Å². The molecule has 2 unspecified atom stereocenters. The maximum absolute atomic E-state index is 13.1. The van der Waals surface area contributed by atoms with Crippen LogP contribution in [0.3, 0.4) is 0 Å². The van der Waals surface area contributed by atoms with Gasteiger partial charge in [-0.05, 0) is 32.6 Å². The van der Waals surface area contributed by atoms with E-state index in [0.29, 0.717) is 12.2 Å². The van der Waals surface area contributed by atoms with Crippen molar-refractivity contribution in [2.75, 3.05) is 20.2 Å². The first kappa shape index (κ1) is 20.8. The number of carbonyl (C=O) groups is 3. The van der Waals surface area contributed by atoms with Crippen molar-refractivity contribution in [3.63, 3.8) is 0 Å². The summed E-state index contributed by atoms with van der Waals surface area (Å²) < 4.78 is 7.01. The predicted molar refractivity (Wildman–Crippen MR) is 109 cm³/mol. The molecule has 2 fully saturated rings. The number of rotatable bonds is 5. The molecule has 4 rings (SSSR count). The third-order valence-corrected chi connectivity index (χ3v) is 6.68. The number of fused-ring (bicyclic) bond motifs is 1. The minimum Gasteiger partial charge on any atom is -0.376 e. The minimum atomic E-state index is -1.06. The average Bonchev–Trinajstić information content (AvgIpc) is 3.41. The Morgan fingerprint density at radius 2 is 2.00 bits per heavy atom. The van der Waals surface area contributed by atoms with Gasteiger partial charge in [0.15, 0.2) is 5.69 Å². The number of carbonyl (C=O) groups excluding carboxylic acids is 3. The van der Waals surface area contributed by atoms with E-state index in [2.05, 4.69) is 15.7 Å². The largest absolute Gasteiger partial charge is 0.376 e. The fourth-order valence-corrected chi connectivity index (χ4v) is 4.53. The molecule has 2 N–H and O–H groups in total. The summed E-state index contributed by atoms with van der Waals surface area (Å²) in [7, 11) is 1.64. The molecule has 1 aliphatic carbocycles. The van der Waals surface area contributed by atoms with Crippen LogP contribution in [0.1, 0.15) is 72.8 Å². The van der Waals surface area contributed by atoms with E-state index in [1.165, 1.54) is 22.1 Å². The highest BCUT2D eigenvalue weighted by Gasteiger charge is 2.46. The van der Waals surface area contributed by atoms with Crippen molar-refractivity contribution in [3.05, 3.63) is 17.5 Å². The normalized spacial score (nSPS) is 27.1. The Labute approximate surface area is 176 Å². The first-order valence-corrected chi connectivity index (χ1v) is 11.0. The summed E-state index contributed by atoms with van der Waals surface area (Å²) in [5.74, 6) is -0.819. The lowest BCUT2D eigenvalue weighted by molar-refractivity contribution is -0.133. The number of hydrogen-bond donors (Lipinski definition) is 2. The Morgan fingerprint density at radius 3 is 2.70 bits per heavy atom. The molecule has 3 amide bonds. The van der Waals surface area contributed by atoms with Crippen molar-refractivity contribution in [2.45, 2.75) is 76.1 Å². The summed E-state index contributed by atoms with van der Waals surface area (Å²) in [6.45, 7) is 3.12. The molecule has 3 heterocycles. The Morgan fingerprint density at radius 1 is 1.23 bits per heavy atom. The lowest BCUT2D eigenvalue weighted by Crippen LogP contribution is -2.63. The number of ether oxygens (including phenoxy) is 1. The Bertz CT molecular complexity index is 825. The molecule has 3 aliphatic rings. The summed E-state index contributed by atoms with van der Waals surface area (Å²) in [6.07, 6.45) is 7.35. The van der Waals surface area contributed by atoms with E-state index in [4.69, 9.17) is 4.74 Å². The standard InChI is InChI=1S/C21H31N5O4/c1-21(20(29)23-14-7-4-3-5-8-14)13-26-17(19(28)25(21)2)11-16(24-26)18(27)22-12-15-9-6-10-30-15/h11,14-15H,3-10,12-13H2,1-2H3,(H,22,27)(H,23,29). The predicted octanol–water partition coefficient (Wildman–Crippen LogP) is 1.09. The molecule has 1 aromatic rings. The lowest BCUT2D eigenvalue weighted by Gasteiger charge is -2.41. The van der Waals surface area contributed by atoms with E-state index in [-0.39, 0.29) is 42.1 Å². The van der Waals surface area contributed by atoms with E-state index in [1.54, 1.807) is 14.0 Å². The van der Waals surface area contributed by atoms with Crippen LogP contribution in [-0.4, -0.2) is 70.3 Å². The first-order valence-electron chi connectivity index (χ1n) is 11.0. The summed E-state index contributed by atoms with van der Waals surface area (Å²) >= 11 is 0. The van der Waals surface area contributed by atoms with Crippen LogP contribution in [0, 0.1) is 0 Å². The van der Waals surface area contributed by atoms with Gasteiger partial charge in [-0.1, -0.05) is 19.3 Å². The zero-order chi connectivity index (χ0) is 21.3. The van der Waals surface area contributed by atoms with Crippen LogP contribution in [0.15, 0.2) is 6.07 Å². The summed E-state index contributed by atoms with van der Waals surface area (Å²) in [6, 6.07) is 1.66. The number of likely N-dealkylation sites (N-methyl/N-ethyl adjacent to an activating group) is 1. The molecule has 0 radical (unpaired) electrons. The molecule has 9 nitrogen and oxygen atoms in total. The van der Waals surface area contributed by atoms with Crippen LogP contribution >= 0.6 is 0 Å². The molecule has 1 aromatic heterocycles. The van der Waals surface area contributed by atoms with Crippen LogP contribution in [0.4, 0.5) is 0 Å². The van der Waals surface area contributed by atoms with Crippen molar-refractivity contribution in [2.24, 2.45) is 0 Å². The zero-order valence-corrected chi connectivity index (χ0v) is 17.8. The van der Waals surface area contributed by atoms with Crippen LogP contribution in [-0.2, 0) is 16.1 Å². The molecule has 164 valence electrons. The maximum Gasteiger partial charge on any atom is 0.272 e. The second kappa shape index (κ2) is 8.37. The maximum atomic E-state index is 13.1. The summed E-state index contributed by atoms with van der Waals surface area (Å²) in [5, 5.41) is 10.3. The fraction of sp³-hybridized carbons (Fsp3) is 0.714. The van der Waals surface area contributed by atoms with Gasteiger partial charge in [0.05, 0.1) is 12.6 Å². The molecule has 1 saturated heterocycles. The molecular formula is C21H31N5O4. The fourth-order valence-electron chi connectivity index (χ4n) is 4.53. The quantitative estimate of drug-likeness (QED) is 0.746. The van der Waals surface area contributed by atoms with Crippen molar-refractivity contribution in [1.82, 2.24) is 25.3 Å². The van der Waals surface area contributed by atoms with Gasteiger partial charge in [-0.15, -0.1) is 0 Å².